The Hall–Kier alpha value is -2.70. The van der Waals surface area contributed by atoms with E-state index in [-0.39, 0.29) is 12.2 Å². The smallest absolute Gasteiger partial charge is 0.260 e. The average molecular weight is 381 g/mol. The molecule has 0 spiro atoms. The van der Waals surface area contributed by atoms with Crippen molar-refractivity contribution >= 4 is 10.9 Å². The number of aliphatic hydroxyl groups excluding tert-OH is 1. The van der Waals surface area contributed by atoms with E-state index in [1.807, 2.05) is 30.3 Å². The van der Waals surface area contributed by atoms with Crippen molar-refractivity contribution in [3.05, 3.63) is 59.0 Å². The fourth-order valence-electron chi connectivity index (χ4n) is 3.25. The summed E-state index contributed by atoms with van der Waals surface area (Å²) in [5.74, 6) is 0.686. The van der Waals surface area contributed by atoms with Crippen LogP contribution in [0.5, 0.6) is 5.75 Å². The minimum absolute atomic E-state index is 0.0690. The van der Waals surface area contributed by atoms with Gasteiger partial charge in [-0.05, 0) is 61.1 Å². The maximum Gasteiger partial charge on any atom is 0.260 e. The van der Waals surface area contributed by atoms with Crippen molar-refractivity contribution in [1.29, 1.82) is 0 Å². The molecular formula is C22H27N3O3. The number of nitrogens with zero attached hydrogens (tertiary/aromatic N) is 3. The van der Waals surface area contributed by atoms with E-state index in [0.717, 1.165) is 24.3 Å². The van der Waals surface area contributed by atoms with E-state index in [9.17, 15) is 9.90 Å². The third-order valence-corrected chi connectivity index (χ3v) is 4.96. The number of hydrogen-bond donors (Lipinski definition) is 1. The first kappa shape index (κ1) is 20.0. The first-order chi connectivity index (χ1) is 13.5. The molecule has 148 valence electrons. The summed E-state index contributed by atoms with van der Waals surface area (Å²) >= 11 is 0. The van der Waals surface area contributed by atoms with Gasteiger partial charge in [-0.15, -0.1) is 0 Å². The number of hydrogen-bond acceptors (Lipinski definition) is 5. The third kappa shape index (κ3) is 4.40. The SMILES string of the molecule is CCN(CC)CC(O)COc1ccc(-c2cc3ncccc3c(=O)n2C)cc1. The Bertz CT molecular complexity index is 978. The van der Waals surface area contributed by atoms with Crippen molar-refractivity contribution in [2.24, 2.45) is 7.05 Å². The van der Waals surface area contributed by atoms with Crippen molar-refractivity contribution in [2.45, 2.75) is 20.0 Å². The fourth-order valence-corrected chi connectivity index (χ4v) is 3.25. The highest BCUT2D eigenvalue weighted by atomic mass is 16.5. The second-order valence-corrected chi connectivity index (χ2v) is 6.81. The first-order valence-corrected chi connectivity index (χ1v) is 9.61. The van der Waals surface area contributed by atoms with Crippen LogP contribution in [0.15, 0.2) is 53.5 Å². The summed E-state index contributed by atoms with van der Waals surface area (Å²) in [7, 11) is 1.76. The number of fused-ring (bicyclic) bond motifs is 1. The van der Waals surface area contributed by atoms with Crippen LogP contribution in [0.25, 0.3) is 22.2 Å². The number of benzene rings is 1. The van der Waals surface area contributed by atoms with Gasteiger partial charge < -0.3 is 19.3 Å². The fraction of sp³-hybridized carbons (Fsp3) is 0.364. The molecule has 0 aliphatic heterocycles. The molecule has 3 aromatic rings. The maximum atomic E-state index is 12.6. The predicted octanol–water partition coefficient (Wildman–Crippen LogP) is 2.68. The van der Waals surface area contributed by atoms with Gasteiger partial charge in [0.15, 0.2) is 0 Å². The molecule has 0 fully saturated rings. The number of pyridine rings is 2. The molecule has 1 aromatic carbocycles. The minimum Gasteiger partial charge on any atom is -0.491 e. The standard InChI is InChI=1S/C22H27N3O3/c1-4-25(5-2)14-17(26)15-28-18-10-8-16(9-11-18)21-13-20-19(7-6-12-23-20)22(27)24(21)3/h6-13,17,26H,4-5,14-15H2,1-3H3. The molecule has 3 rings (SSSR count). The Morgan fingerprint density at radius 1 is 1.18 bits per heavy atom. The predicted molar refractivity (Wildman–Crippen MR) is 112 cm³/mol. The molecule has 1 N–H and O–H groups in total. The summed E-state index contributed by atoms with van der Waals surface area (Å²) in [5, 5.41) is 10.7. The molecule has 2 heterocycles. The summed E-state index contributed by atoms with van der Waals surface area (Å²) in [4.78, 5) is 19.0. The largest absolute Gasteiger partial charge is 0.491 e. The van der Waals surface area contributed by atoms with Crippen LogP contribution < -0.4 is 10.3 Å². The van der Waals surface area contributed by atoms with Gasteiger partial charge in [0.25, 0.3) is 5.56 Å². The van der Waals surface area contributed by atoms with Gasteiger partial charge in [-0.1, -0.05) is 13.8 Å². The molecule has 28 heavy (non-hydrogen) atoms. The van der Waals surface area contributed by atoms with E-state index >= 15 is 0 Å². The summed E-state index contributed by atoms with van der Waals surface area (Å²) in [6, 6.07) is 13.0. The molecule has 0 saturated carbocycles. The second-order valence-electron chi connectivity index (χ2n) is 6.81. The molecule has 0 saturated heterocycles. The van der Waals surface area contributed by atoms with Crippen molar-refractivity contribution in [1.82, 2.24) is 14.5 Å². The molecule has 0 radical (unpaired) electrons. The zero-order chi connectivity index (χ0) is 20.1. The van der Waals surface area contributed by atoms with E-state index in [2.05, 4.69) is 23.7 Å². The van der Waals surface area contributed by atoms with E-state index < -0.39 is 6.10 Å². The van der Waals surface area contributed by atoms with Crippen molar-refractivity contribution < 1.29 is 9.84 Å². The summed E-state index contributed by atoms with van der Waals surface area (Å²) < 4.78 is 7.35. The van der Waals surface area contributed by atoms with Crippen LogP contribution in [0.3, 0.4) is 0 Å². The molecule has 6 heteroatoms. The lowest BCUT2D eigenvalue weighted by Crippen LogP contribution is -2.35. The van der Waals surface area contributed by atoms with Crippen LogP contribution in [0.4, 0.5) is 0 Å². The van der Waals surface area contributed by atoms with Crippen molar-refractivity contribution in [3.63, 3.8) is 0 Å². The zero-order valence-electron chi connectivity index (χ0n) is 16.6. The molecule has 0 aliphatic rings. The van der Waals surface area contributed by atoms with E-state index in [4.69, 9.17) is 4.74 Å². The highest BCUT2D eigenvalue weighted by molar-refractivity contribution is 5.81. The highest BCUT2D eigenvalue weighted by Crippen LogP contribution is 2.23. The van der Waals surface area contributed by atoms with Crippen LogP contribution in [0, 0.1) is 0 Å². The lowest BCUT2D eigenvalue weighted by molar-refractivity contribution is 0.0716. The van der Waals surface area contributed by atoms with Crippen LogP contribution in [0.2, 0.25) is 0 Å². The van der Waals surface area contributed by atoms with Crippen LogP contribution in [0.1, 0.15) is 13.8 Å². The van der Waals surface area contributed by atoms with Gasteiger partial charge in [0.1, 0.15) is 18.5 Å². The Balaban J connectivity index is 1.74. The van der Waals surface area contributed by atoms with Gasteiger partial charge in [-0.3, -0.25) is 9.78 Å². The number of rotatable bonds is 8. The van der Waals surface area contributed by atoms with Crippen molar-refractivity contribution in [3.8, 4) is 17.0 Å². The number of aliphatic hydroxyl groups is 1. The average Bonchev–Trinajstić information content (AvgIpc) is 2.73. The van der Waals surface area contributed by atoms with Gasteiger partial charge in [-0.2, -0.15) is 0 Å². The van der Waals surface area contributed by atoms with Crippen molar-refractivity contribution in [2.75, 3.05) is 26.2 Å². The lowest BCUT2D eigenvalue weighted by atomic mass is 10.1. The Morgan fingerprint density at radius 2 is 1.89 bits per heavy atom. The summed E-state index contributed by atoms with van der Waals surface area (Å²) in [5.41, 5.74) is 2.31. The van der Waals surface area contributed by atoms with E-state index in [1.165, 1.54) is 0 Å². The first-order valence-electron chi connectivity index (χ1n) is 9.61. The van der Waals surface area contributed by atoms with Crippen LogP contribution in [-0.4, -0.2) is 51.9 Å². The number of likely N-dealkylation sites (N-methyl/N-ethyl adjacent to an activating group) is 1. The molecule has 1 unspecified atom stereocenters. The van der Waals surface area contributed by atoms with Gasteiger partial charge in [-0.25, -0.2) is 0 Å². The topological polar surface area (TPSA) is 67.6 Å². The minimum atomic E-state index is -0.535. The van der Waals surface area contributed by atoms with Gasteiger partial charge in [0.05, 0.1) is 16.6 Å². The van der Waals surface area contributed by atoms with Gasteiger partial charge >= 0.3 is 0 Å². The van der Waals surface area contributed by atoms with Gasteiger partial charge in [0.2, 0.25) is 0 Å². The van der Waals surface area contributed by atoms with E-state index in [1.54, 1.807) is 29.9 Å². The Morgan fingerprint density at radius 3 is 2.57 bits per heavy atom. The molecule has 6 nitrogen and oxygen atoms in total. The number of aromatic nitrogens is 2. The van der Waals surface area contributed by atoms with E-state index in [0.29, 0.717) is 23.2 Å². The highest BCUT2D eigenvalue weighted by Gasteiger charge is 2.11. The molecule has 0 bridgehead atoms. The third-order valence-electron chi connectivity index (χ3n) is 4.96. The van der Waals surface area contributed by atoms with Crippen LogP contribution >= 0.6 is 0 Å². The second kappa shape index (κ2) is 8.99. The molecule has 0 aliphatic carbocycles. The van der Waals surface area contributed by atoms with Crippen LogP contribution in [-0.2, 0) is 7.05 Å². The summed E-state index contributed by atoms with van der Waals surface area (Å²) in [6.45, 7) is 6.80. The Kier molecular flexibility index (Phi) is 6.44. The maximum absolute atomic E-state index is 12.6. The zero-order valence-corrected chi connectivity index (χ0v) is 16.6. The van der Waals surface area contributed by atoms with Gasteiger partial charge in [0, 0.05) is 19.8 Å². The quantitative estimate of drug-likeness (QED) is 0.650. The summed E-state index contributed by atoms with van der Waals surface area (Å²) in [6.07, 6.45) is 1.15. The Labute approximate surface area is 165 Å². The monoisotopic (exact) mass is 381 g/mol. The lowest BCUT2D eigenvalue weighted by Gasteiger charge is -2.22. The molecule has 2 aromatic heterocycles. The molecule has 1 atom stereocenters. The number of ether oxygens (including phenoxy) is 1. The molecular weight excluding hydrogens is 354 g/mol. The normalized spacial score (nSPS) is 12.5. The molecule has 0 amide bonds.